The van der Waals surface area contributed by atoms with Gasteiger partial charge in [0.2, 0.25) is 0 Å². The zero-order valence-corrected chi connectivity index (χ0v) is 16.8. The molecule has 0 radical (unpaired) electrons. The van der Waals surface area contributed by atoms with Crippen LogP contribution in [-0.2, 0) is 0 Å². The van der Waals surface area contributed by atoms with Gasteiger partial charge in [0.25, 0.3) is 0 Å². The number of nitrogens with zero attached hydrogens (tertiary/aromatic N) is 5. The summed E-state index contributed by atoms with van der Waals surface area (Å²) in [6, 6.07) is 16.7. The first-order chi connectivity index (χ1) is 14.7. The van der Waals surface area contributed by atoms with Gasteiger partial charge in [-0.3, -0.25) is 10.1 Å². The van der Waals surface area contributed by atoms with E-state index in [-0.39, 0.29) is 0 Å². The van der Waals surface area contributed by atoms with Crippen molar-refractivity contribution in [1.29, 1.82) is 0 Å². The van der Waals surface area contributed by atoms with E-state index in [1.165, 1.54) is 6.33 Å². The molecule has 0 fully saturated rings. The third-order valence-electron chi connectivity index (χ3n) is 5.09. The summed E-state index contributed by atoms with van der Waals surface area (Å²) in [4.78, 5) is 15.4. The largest absolute Gasteiger partial charge is 0.376 e. The number of H-pyrrole nitrogens is 1. The molecule has 0 saturated heterocycles. The third-order valence-corrected chi connectivity index (χ3v) is 5.09. The second-order valence-corrected chi connectivity index (χ2v) is 7.27. The quantitative estimate of drug-likeness (QED) is 0.530. The minimum atomic E-state index is 0.608. The van der Waals surface area contributed by atoms with E-state index in [9.17, 15) is 0 Å². The molecule has 7 nitrogen and oxygen atoms in total. The maximum atomic E-state index is 4.53. The van der Waals surface area contributed by atoms with Crippen molar-refractivity contribution in [2.24, 2.45) is 4.99 Å². The van der Waals surface area contributed by atoms with E-state index in [1.807, 2.05) is 44.4 Å². The second-order valence-electron chi connectivity index (χ2n) is 7.27. The Labute approximate surface area is 174 Å². The Morgan fingerprint density at radius 2 is 1.87 bits per heavy atom. The molecule has 7 heteroatoms. The summed E-state index contributed by atoms with van der Waals surface area (Å²) < 4.78 is 0. The molecule has 1 aliphatic rings. The average Bonchev–Trinajstić information content (AvgIpc) is 3.44. The first-order valence-electron chi connectivity index (χ1n) is 9.75. The van der Waals surface area contributed by atoms with Gasteiger partial charge in [-0.05, 0) is 29.3 Å². The van der Waals surface area contributed by atoms with Gasteiger partial charge in [0.1, 0.15) is 12.1 Å². The highest BCUT2D eigenvalue weighted by atomic mass is 15.2. The van der Waals surface area contributed by atoms with E-state index >= 15 is 0 Å². The number of aromatic amines is 1. The van der Waals surface area contributed by atoms with Crippen LogP contribution in [0.2, 0.25) is 0 Å². The van der Waals surface area contributed by atoms with E-state index in [1.54, 1.807) is 0 Å². The molecule has 0 amide bonds. The molecule has 1 aliphatic heterocycles. The highest BCUT2D eigenvalue weighted by molar-refractivity contribution is 6.17. The zero-order chi connectivity index (χ0) is 20.5. The third kappa shape index (κ3) is 3.20. The molecule has 4 aromatic rings. The summed E-state index contributed by atoms with van der Waals surface area (Å²) in [5, 5.41) is 11.8. The number of hydrogen-bond acceptors (Lipinski definition) is 6. The Balaban J connectivity index is 1.63. The number of hydrogen-bond donors (Lipinski definition) is 2. The van der Waals surface area contributed by atoms with Crippen LogP contribution < -0.4 is 10.2 Å². The number of aromatic nitrogens is 4. The van der Waals surface area contributed by atoms with Gasteiger partial charge in [-0.15, -0.1) is 0 Å². The Morgan fingerprint density at radius 3 is 2.63 bits per heavy atom. The molecule has 0 unspecified atom stereocenters. The van der Waals surface area contributed by atoms with Crippen LogP contribution in [0.4, 0.5) is 17.2 Å². The van der Waals surface area contributed by atoms with Crippen molar-refractivity contribution in [3.05, 3.63) is 72.7 Å². The molecule has 148 valence electrons. The van der Waals surface area contributed by atoms with Crippen LogP contribution in [0.5, 0.6) is 0 Å². The molecule has 0 bridgehead atoms. The number of allylic oxidation sites excluding steroid dienone is 1. The standard InChI is InChI=1S/C23H21N7/c1-30(2)19-11-10-16(15-7-4-3-5-8-15)13-18(19)27-22-20-21(17-9-6-12-24-17)28-29-23(20)26-14-25-22/h3-11,13-14H,12H2,1-2H3,(H2,25,26,27,28,29). The predicted molar refractivity (Wildman–Crippen MR) is 122 cm³/mol. The fourth-order valence-corrected chi connectivity index (χ4v) is 3.63. The van der Waals surface area contributed by atoms with Crippen molar-refractivity contribution in [3.8, 4) is 11.1 Å². The lowest BCUT2D eigenvalue weighted by atomic mass is 10.0. The topological polar surface area (TPSA) is 82.1 Å². The smallest absolute Gasteiger partial charge is 0.186 e. The minimum absolute atomic E-state index is 0.608. The maximum Gasteiger partial charge on any atom is 0.186 e. The van der Waals surface area contributed by atoms with Crippen molar-refractivity contribution in [2.45, 2.75) is 0 Å². The van der Waals surface area contributed by atoms with Gasteiger partial charge in [-0.1, -0.05) is 42.5 Å². The minimum Gasteiger partial charge on any atom is -0.376 e. The van der Waals surface area contributed by atoms with Crippen LogP contribution in [0.15, 0.2) is 72.0 Å². The SMILES string of the molecule is CN(C)c1ccc(-c2ccccc2)cc1Nc1ncnc2n[nH]c(C3=NCC=C3)c12. The summed E-state index contributed by atoms with van der Waals surface area (Å²) >= 11 is 0. The van der Waals surface area contributed by atoms with Gasteiger partial charge < -0.3 is 10.2 Å². The molecular weight excluding hydrogens is 374 g/mol. The molecule has 2 N–H and O–H groups in total. The number of fused-ring (bicyclic) bond motifs is 1. The summed E-state index contributed by atoms with van der Waals surface area (Å²) in [5.41, 5.74) is 6.60. The van der Waals surface area contributed by atoms with E-state index < -0.39 is 0 Å². The predicted octanol–water partition coefficient (Wildman–Crippen LogP) is 4.19. The van der Waals surface area contributed by atoms with Crippen LogP contribution in [0.1, 0.15) is 5.69 Å². The van der Waals surface area contributed by atoms with E-state index in [4.69, 9.17) is 0 Å². The monoisotopic (exact) mass is 395 g/mol. The molecule has 30 heavy (non-hydrogen) atoms. The van der Waals surface area contributed by atoms with Crippen LogP contribution in [0.25, 0.3) is 22.2 Å². The van der Waals surface area contributed by atoms with Gasteiger partial charge in [0.05, 0.1) is 34.7 Å². The lowest BCUT2D eigenvalue weighted by Gasteiger charge is -2.20. The summed E-state index contributed by atoms with van der Waals surface area (Å²) in [6.45, 7) is 0.677. The first kappa shape index (κ1) is 18.1. The Bertz CT molecular complexity index is 1270. The van der Waals surface area contributed by atoms with Crippen molar-refractivity contribution >= 4 is 33.9 Å². The number of nitrogens with one attached hydrogen (secondary N) is 2. The zero-order valence-electron chi connectivity index (χ0n) is 16.8. The van der Waals surface area contributed by atoms with E-state index in [0.29, 0.717) is 18.0 Å². The molecule has 3 heterocycles. The van der Waals surface area contributed by atoms with Gasteiger partial charge in [-0.25, -0.2) is 9.97 Å². The van der Waals surface area contributed by atoms with Crippen LogP contribution in [-0.4, -0.2) is 46.5 Å². The molecule has 2 aromatic heterocycles. The number of rotatable bonds is 5. The fourth-order valence-electron chi connectivity index (χ4n) is 3.63. The molecular formula is C23H21N7. The lowest BCUT2D eigenvalue weighted by Crippen LogP contribution is -2.11. The van der Waals surface area contributed by atoms with Gasteiger partial charge >= 0.3 is 0 Å². The molecule has 0 aliphatic carbocycles. The average molecular weight is 395 g/mol. The molecule has 5 rings (SSSR count). The maximum absolute atomic E-state index is 4.53. The molecule has 0 saturated carbocycles. The van der Waals surface area contributed by atoms with Crippen molar-refractivity contribution in [1.82, 2.24) is 20.2 Å². The number of anilines is 3. The Hall–Kier alpha value is -4.00. The van der Waals surface area contributed by atoms with Gasteiger partial charge in [0, 0.05) is 14.1 Å². The number of benzene rings is 2. The summed E-state index contributed by atoms with van der Waals surface area (Å²) in [5.74, 6) is 0.695. The normalized spacial score (nSPS) is 12.9. The second kappa shape index (κ2) is 7.44. The highest BCUT2D eigenvalue weighted by Gasteiger charge is 2.18. The summed E-state index contributed by atoms with van der Waals surface area (Å²) in [6.07, 6.45) is 5.54. The lowest BCUT2D eigenvalue weighted by molar-refractivity contribution is 1.08. The fraction of sp³-hybridized carbons (Fsp3) is 0.130. The van der Waals surface area contributed by atoms with Crippen LogP contribution in [0, 0.1) is 0 Å². The Kier molecular flexibility index (Phi) is 4.48. The highest BCUT2D eigenvalue weighted by Crippen LogP contribution is 2.34. The number of aliphatic imine (C=N–C) groups is 1. The Morgan fingerprint density at radius 1 is 1.00 bits per heavy atom. The molecule has 0 spiro atoms. The van der Waals surface area contributed by atoms with Gasteiger partial charge in [-0.2, -0.15) is 5.10 Å². The van der Waals surface area contributed by atoms with Crippen molar-refractivity contribution in [3.63, 3.8) is 0 Å². The van der Waals surface area contributed by atoms with E-state index in [0.717, 1.165) is 39.3 Å². The first-order valence-corrected chi connectivity index (χ1v) is 9.75. The van der Waals surface area contributed by atoms with Crippen molar-refractivity contribution in [2.75, 3.05) is 30.9 Å². The molecule has 2 aromatic carbocycles. The van der Waals surface area contributed by atoms with Gasteiger partial charge in [0.15, 0.2) is 5.65 Å². The van der Waals surface area contributed by atoms with Crippen LogP contribution in [0.3, 0.4) is 0 Å². The van der Waals surface area contributed by atoms with E-state index in [2.05, 4.69) is 65.7 Å². The molecule has 0 atom stereocenters. The van der Waals surface area contributed by atoms with Crippen LogP contribution >= 0.6 is 0 Å². The summed E-state index contributed by atoms with van der Waals surface area (Å²) in [7, 11) is 4.05. The van der Waals surface area contributed by atoms with Crippen molar-refractivity contribution < 1.29 is 0 Å².